The molecule has 0 saturated carbocycles. The van der Waals surface area contributed by atoms with Crippen molar-refractivity contribution >= 4 is 17.6 Å². The van der Waals surface area contributed by atoms with Crippen molar-refractivity contribution in [2.45, 2.75) is 96.5 Å². The van der Waals surface area contributed by atoms with Gasteiger partial charge in [0, 0.05) is 23.0 Å². The lowest BCUT2D eigenvalue weighted by molar-refractivity contribution is -0.133. The number of carboxylic acid groups (broad SMARTS) is 1. The summed E-state index contributed by atoms with van der Waals surface area (Å²) in [5, 5.41) is 21.1. The maximum atomic E-state index is 11.6. The van der Waals surface area contributed by atoms with Gasteiger partial charge in [-0.15, -0.1) is 0 Å². The Hall–Kier alpha value is -1.68. The third kappa shape index (κ3) is 4.21. The Labute approximate surface area is 185 Å². The molecule has 0 fully saturated rings. The van der Waals surface area contributed by atoms with E-state index in [0.29, 0.717) is 34.8 Å². The quantitative estimate of drug-likeness (QED) is 0.454. The molecule has 3 rings (SSSR count). The lowest BCUT2D eigenvalue weighted by atomic mass is 9.66. The summed E-state index contributed by atoms with van der Waals surface area (Å²) >= 11 is 6.91. The fourth-order valence-electron chi connectivity index (χ4n) is 5.19. The summed E-state index contributed by atoms with van der Waals surface area (Å²) < 4.78 is 6.41. The van der Waals surface area contributed by atoms with Crippen LogP contribution < -0.4 is 4.74 Å². The Morgan fingerprint density at radius 1 is 1.30 bits per heavy atom. The van der Waals surface area contributed by atoms with Crippen molar-refractivity contribution in [2.75, 3.05) is 0 Å². The summed E-state index contributed by atoms with van der Waals surface area (Å²) in [6.07, 6.45) is 8.48. The summed E-state index contributed by atoms with van der Waals surface area (Å²) in [7, 11) is 0. The van der Waals surface area contributed by atoms with Crippen LogP contribution in [0.4, 0.5) is 0 Å². The van der Waals surface area contributed by atoms with Crippen LogP contribution in [0.25, 0.3) is 0 Å². The van der Waals surface area contributed by atoms with Crippen LogP contribution in [0, 0.1) is 5.92 Å². The Bertz CT molecular complexity index is 853. The SMILES string of the molecule is CCCCCCC(C)(C)c1cc(O)c2c(c1Cl)OC(C)(C)[C@@H]1CC=C(C(=O)O)C[C@@H]21. The van der Waals surface area contributed by atoms with E-state index in [1.807, 2.05) is 13.8 Å². The van der Waals surface area contributed by atoms with Crippen LogP contribution in [0.3, 0.4) is 0 Å². The van der Waals surface area contributed by atoms with Gasteiger partial charge in [-0.1, -0.05) is 64.1 Å². The smallest absolute Gasteiger partial charge is 0.331 e. The number of allylic oxidation sites excluding steroid dienone is 1. The molecule has 0 spiro atoms. The first-order chi connectivity index (χ1) is 14.0. The van der Waals surface area contributed by atoms with Crippen molar-refractivity contribution in [3.05, 3.63) is 33.9 Å². The molecule has 0 bridgehead atoms. The minimum Gasteiger partial charge on any atom is -0.508 e. The molecule has 1 aliphatic carbocycles. The van der Waals surface area contributed by atoms with Crippen LogP contribution in [-0.4, -0.2) is 21.8 Å². The maximum absolute atomic E-state index is 11.6. The average molecular weight is 435 g/mol. The van der Waals surface area contributed by atoms with E-state index in [4.69, 9.17) is 16.3 Å². The Morgan fingerprint density at radius 3 is 2.63 bits per heavy atom. The molecule has 2 N–H and O–H groups in total. The molecule has 2 atom stereocenters. The molecule has 1 aromatic carbocycles. The third-order valence-corrected chi connectivity index (χ3v) is 7.44. The Morgan fingerprint density at radius 2 is 2.00 bits per heavy atom. The highest BCUT2D eigenvalue weighted by Crippen LogP contribution is 2.57. The number of phenols is 1. The van der Waals surface area contributed by atoms with Gasteiger partial charge >= 0.3 is 5.97 Å². The van der Waals surface area contributed by atoms with E-state index in [-0.39, 0.29) is 23.0 Å². The van der Waals surface area contributed by atoms with Crippen LogP contribution in [0.5, 0.6) is 11.5 Å². The minimum absolute atomic E-state index is 0.0861. The second kappa shape index (κ2) is 8.45. The predicted octanol–water partition coefficient (Wildman–Crippen LogP) is 6.97. The van der Waals surface area contributed by atoms with E-state index in [1.54, 1.807) is 12.1 Å². The fraction of sp³-hybridized carbons (Fsp3) is 0.640. The Balaban J connectivity index is 2.03. The lowest BCUT2D eigenvalue weighted by Gasteiger charge is -2.47. The lowest BCUT2D eigenvalue weighted by Crippen LogP contribution is -2.46. The number of phenolic OH excluding ortho intramolecular Hbond substituents is 1. The number of benzene rings is 1. The highest BCUT2D eigenvalue weighted by Gasteiger charge is 2.48. The second-order valence-electron chi connectivity index (χ2n) is 10.1. The summed E-state index contributed by atoms with van der Waals surface area (Å²) in [6.45, 7) is 10.6. The number of rotatable bonds is 7. The Kier molecular flexibility index (Phi) is 6.48. The number of ether oxygens (including phenoxy) is 1. The molecule has 30 heavy (non-hydrogen) atoms. The van der Waals surface area contributed by atoms with Gasteiger partial charge in [-0.05, 0) is 50.2 Å². The summed E-state index contributed by atoms with van der Waals surface area (Å²) in [5.41, 5.74) is 1.27. The molecular formula is C25H35ClO4. The minimum atomic E-state index is -0.894. The zero-order valence-corrected chi connectivity index (χ0v) is 19.6. The molecule has 4 nitrogen and oxygen atoms in total. The molecule has 0 unspecified atom stereocenters. The van der Waals surface area contributed by atoms with E-state index in [9.17, 15) is 15.0 Å². The molecule has 2 aliphatic rings. The van der Waals surface area contributed by atoms with Crippen molar-refractivity contribution in [2.24, 2.45) is 5.92 Å². The van der Waals surface area contributed by atoms with Crippen LogP contribution in [0.15, 0.2) is 17.7 Å². The average Bonchev–Trinajstić information content (AvgIpc) is 2.67. The number of hydrogen-bond donors (Lipinski definition) is 2. The highest BCUT2D eigenvalue weighted by atomic mass is 35.5. The molecule has 0 amide bonds. The van der Waals surface area contributed by atoms with Gasteiger partial charge in [0.2, 0.25) is 0 Å². The van der Waals surface area contributed by atoms with Crippen molar-refractivity contribution in [3.8, 4) is 11.5 Å². The van der Waals surface area contributed by atoms with Gasteiger partial charge < -0.3 is 14.9 Å². The van der Waals surface area contributed by atoms with E-state index >= 15 is 0 Å². The molecule has 0 radical (unpaired) electrons. The number of carboxylic acids is 1. The van der Waals surface area contributed by atoms with Gasteiger partial charge in [-0.3, -0.25) is 0 Å². The number of aromatic hydroxyl groups is 1. The zero-order valence-electron chi connectivity index (χ0n) is 18.8. The largest absolute Gasteiger partial charge is 0.508 e. The number of unbranched alkanes of at least 4 members (excludes halogenated alkanes) is 3. The molecule has 1 aromatic rings. The third-order valence-electron chi connectivity index (χ3n) is 7.07. The van der Waals surface area contributed by atoms with Crippen LogP contribution >= 0.6 is 11.6 Å². The van der Waals surface area contributed by atoms with Gasteiger partial charge in [-0.2, -0.15) is 0 Å². The monoisotopic (exact) mass is 434 g/mol. The summed E-state index contributed by atoms with van der Waals surface area (Å²) in [5.74, 6) is -0.230. The van der Waals surface area contributed by atoms with Crippen LogP contribution in [0.1, 0.15) is 96.6 Å². The fourth-order valence-corrected chi connectivity index (χ4v) is 5.65. The van der Waals surface area contributed by atoms with Crippen molar-refractivity contribution < 1.29 is 19.7 Å². The van der Waals surface area contributed by atoms with E-state index in [2.05, 4.69) is 20.8 Å². The van der Waals surface area contributed by atoms with Crippen LogP contribution in [0.2, 0.25) is 5.02 Å². The van der Waals surface area contributed by atoms with E-state index < -0.39 is 11.6 Å². The zero-order chi connectivity index (χ0) is 22.3. The standard InChI is InChI=1S/C25H35ClO4/c1-6-7-8-9-12-24(2,3)18-14-19(27)20-16-13-15(23(28)29)10-11-17(16)25(4,5)30-22(20)21(18)26/h10,14,16-17,27H,6-9,11-13H2,1-5H3,(H,28,29)/t16-,17-/m1/s1. The first kappa shape index (κ1) is 23.0. The highest BCUT2D eigenvalue weighted by molar-refractivity contribution is 6.33. The van der Waals surface area contributed by atoms with Crippen LogP contribution in [-0.2, 0) is 10.2 Å². The number of carbonyl (C=O) groups is 1. The maximum Gasteiger partial charge on any atom is 0.331 e. The molecule has 5 heteroatoms. The van der Waals surface area contributed by atoms with Gasteiger partial charge in [0.05, 0.1) is 5.02 Å². The second-order valence-corrected chi connectivity index (χ2v) is 10.5. The molecule has 1 heterocycles. The first-order valence-electron chi connectivity index (χ1n) is 11.2. The van der Waals surface area contributed by atoms with Gasteiger partial charge in [-0.25, -0.2) is 4.79 Å². The summed E-state index contributed by atoms with van der Waals surface area (Å²) in [4.78, 5) is 11.6. The molecule has 0 saturated heterocycles. The first-order valence-corrected chi connectivity index (χ1v) is 11.5. The van der Waals surface area contributed by atoms with Gasteiger partial charge in [0.25, 0.3) is 0 Å². The van der Waals surface area contributed by atoms with E-state index in [1.165, 1.54) is 19.3 Å². The number of aliphatic carboxylic acids is 1. The topological polar surface area (TPSA) is 66.8 Å². The number of halogens is 1. The van der Waals surface area contributed by atoms with Crippen molar-refractivity contribution in [3.63, 3.8) is 0 Å². The molecule has 166 valence electrons. The molecule has 1 aliphatic heterocycles. The molecular weight excluding hydrogens is 400 g/mol. The van der Waals surface area contributed by atoms with Gasteiger partial charge in [0.1, 0.15) is 17.1 Å². The number of hydrogen-bond acceptors (Lipinski definition) is 3. The normalized spacial score (nSPS) is 22.5. The van der Waals surface area contributed by atoms with E-state index in [0.717, 1.165) is 18.4 Å². The predicted molar refractivity (Wildman–Crippen MR) is 121 cm³/mol. The van der Waals surface area contributed by atoms with Crippen molar-refractivity contribution in [1.29, 1.82) is 0 Å². The number of fused-ring (bicyclic) bond motifs is 3. The van der Waals surface area contributed by atoms with Crippen molar-refractivity contribution in [1.82, 2.24) is 0 Å². The summed E-state index contributed by atoms with van der Waals surface area (Å²) in [6, 6.07) is 1.79. The molecule has 0 aromatic heterocycles. The van der Waals surface area contributed by atoms with Gasteiger partial charge in [0.15, 0.2) is 0 Å².